The fourth-order valence-electron chi connectivity index (χ4n) is 1.89. The largest absolute Gasteiger partial charge is 0.455 e. The second-order valence-corrected chi connectivity index (χ2v) is 5.70. The van der Waals surface area contributed by atoms with Crippen molar-refractivity contribution in [2.75, 3.05) is 11.9 Å². The monoisotopic (exact) mass is 392 g/mol. The summed E-state index contributed by atoms with van der Waals surface area (Å²) in [5.74, 6) is -1.21. The molecule has 0 bridgehead atoms. The molecule has 1 amide bonds. The van der Waals surface area contributed by atoms with Crippen LogP contribution in [0.5, 0.6) is 0 Å². The van der Waals surface area contributed by atoms with Gasteiger partial charge < -0.3 is 10.1 Å². The fourth-order valence-corrected chi connectivity index (χ4v) is 2.16. The fraction of sp³-hybridized carbons (Fsp3) is 0.125. The van der Waals surface area contributed by atoms with Crippen molar-refractivity contribution in [3.05, 3.63) is 68.7 Å². The van der Waals surface area contributed by atoms with Crippen molar-refractivity contribution in [3.63, 3.8) is 0 Å². The lowest BCUT2D eigenvalue weighted by atomic mass is 10.2. The van der Waals surface area contributed by atoms with E-state index in [1.54, 1.807) is 30.3 Å². The maximum absolute atomic E-state index is 11.8. The molecule has 0 unspecified atom stereocenters. The summed E-state index contributed by atoms with van der Waals surface area (Å²) in [6, 6.07) is 12.8. The summed E-state index contributed by atoms with van der Waals surface area (Å²) in [5, 5.41) is 13.2. The summed E-state index contributed by atoms with van der Waals surface area (Å²) in [4.78, 5) is 33.7. The second kappa shape index (κ2) is 8.21. The number of amides is 1. The molecule has 0 saturated heterocycles. The Morgan fingerprint density at radius 3 is 2.46 bits per heavy atom. The number of nitrogens with one attached hydrogen (secondary N) is 1. The number of para-hydroxylation sites is 2. The third kappa shape index (κ3) is 5.17. The molecule has 0 atom stereocenters. The Balaban J connectivity index is 1.86. The Morgan fingerprint density at radius 2 is 1.79 bits per heavy atom. The van der Waals surface area contributed by atoms with Gasteiger partial charge in [0.15, 0.2) is 6.61 Å². The third-order valence-electron chi connectivity index (χ3n) is 3.00. The van der Waals surface area contributed by atoms with Crippen LogP contribution < -0.4 is 5.32 Å². The minimum atomic E-state index is -0.645. The smallest absolute Gasteiger partial charge is 0.310 e. The molecule has 8 heteroatoms. The van der Waals surface area contributed by atoms with Gasteiger partial charge in [0.1, 0.15) is 5.69 Å². The number of esters is 1. The molecule has 124 valence electrons. The van der Waals surface area contributed by atoms with Crippen LogP contribution in [0.3, 0.4) is 0 Å². The number of hydrogen-bond acceptors (Lipinski definition) is 5. The van der Waals surface area contributed by atoms with E-state index >= 15 is 0 Å². The van der Waals surface area contributed by atoms with Gasteiger partial charge in [0.05, 0.1) is 11.3 Å². The predicted molar refractivity (Wildman–Crippen MR) is 90.5 cm³/mol. The second-order valence-electron chi connectivity index (χ2n) is 4.79. The third-order valence-corrected chi connectivity index (χ3v) is 3.53. The van der Waals surface area contributed by atoms with Crippen LogP contribution >= 0.6 is 15.9 Å². The average molecular weight is 393 g/mol. The van der Waals surface area contributed by atoms with Crippen molar-refractivity contribution in [3.8, 4) is 0 Å². The van der Waals surface area contributed by atoms with Crippen LogP contribution in [0.2, 0.25) is 0 Å². The highest BCUT2D eigenvalue weighted by Crippen LogP contribution is 2.22. The molecule has 0 aromatic heterocycles. The van der Waals surface area contributed by atoms with Gasteiger partial charge >= 0.3 is 5.97 Å². The van der Waals surface area contributed by atoms with E-state index in [4.69, 9.17) is 4.74 Å². The molecule has 0 heterocycles. The lowest BCUT2D eigenvalue weighted by Crippen LogP contribution is -2.22. The Kier molecular flexibility index (Phi) is 6.02. The zero-order valence-electron chi connectivity index (χ0n) is 12.4. The van der Waals surface area contributed by atoms with Gasteiger partial charge in [0.2, 0.25) is 0 Å². The van der Waals surface area contributed by atoms with Gasteiger partial charge in [-0.2, -0.15) is 0 Å². The van der Waals surface area contributed by atoms with E-state index < -0.39 is 23.4 Å². The number of rotatable bonds is 6. The number of carbonyl (C=O) groups is 2. The van der Waals surface area contributed by atoms with E-state index in [9.17, 15) is 19.7 Å². The molecule has 2 rings (SSSR count). The van der Waals surface area contributed by atoms with Crippen LogP contribution in [0.4, 0.5) is 11.4 Å². The maximum atomic E-state index is 11.8. The van der Waals surface area contributed by atoms with E-state index in [1.165, 1.54) is 18.2 Å². The molecule has 0 radical (unpaired) electrons. The highest BCUT2D eigenvalue weighted by atomic mass is 79.9. The standard InChI is InChI=1S/C16H13BrN2O5/c17-12-7-5-11(6-8-12)9-16(21)24-10-15(20)18-13-3-1-2-4-14(13)19(22)23/h1-8H,9-10H2,(H,18,20). The molecule has 0 aliphatic carbocycles. The van der Waals surface area contributed by atoms with E-state index in [-0.39, 0.29) is 17.8 Å². The van der Waals surface area contributed by atoms with Crippen molar-refractivity contribution < 1.29 is 19.2 Å². The molecule has 0 aliphatic heterocycles. The summed E-state index contributed by atoms with van der Waals surface area (Å²) in [5.41, 5.74) is 0.575. The number of ether oxygens (including phenoxy) is 1. The van der Waals surface area contributed by atoms with Crippen molar-refractivity contribution in [2.45, 2.75) is 6.42 Å². The molecule has 2 aromatic carbocycles. The van der Waals surface area contributed by atoms with Crippen molar-refractivity contribution in [1.82, 2.24) is 0 Å². The Hall–Kier alpha value is -2.74. The molecular weight excluding hydrogens is 380 g/mol. The van der Waals surface area contributed by atoms with Crippen molar-refractivity contribution in [2.24, 2.45) is 0 Å². The molecule has 0 aliphatic rings. The molecule has 7 nitrogen and oxygen atoms in total. The highest BCUT2D eigenvalue weighted by molar-refractivity contribution is 9.10. The van der Waals surface area contributed by atoms with Crippen molar-refractivity contribution in [1.29, 1.82) is 0 Å². The Morgan fingerprint density at radius 1 is 1.12 bits per heavy atom. The van der Waals surface area contributed by atoms with Crippen LogP contribution in [0.25, 0.3) is 0 Å². The number of nitrogens with zero attached hydrogens (tertiary/aromatic N) is 1. The number of nitro groups is 1. The van der Waals surface area contributed by atoms with Gasteiger partial charge in [-0.15, -0.1) is 0 Å². The molecular formula is C16H13BrN2O5. The van der Waals surface area contributed by atoms with E-state index in [2.05, 4.69) is 21.2 Å². The first-order chi connectivity index (χ1) is 11.5. The van der Waals surface area contributed by atoms with Crippen LogP contribution in [-0.2, 0) is 20.7 Å². The lowest BCUT2D eigenvalue weighted by Gasteiger charge is -2.07. The van der Waals surface area contributed by atoms with E-state index in [0.717, 1.165) is 10.0 Å². The normalized spacial score (nSPS) is 10.0. The number of hydrogen-bond donors (Lipinski definition) is 1. The van der Waals surface area contributed by atoms with Gasteiger partial charge in [-0.3, -0.25) is 19.7 Å². The number of halogens is 1. The quantitative estimate of drug-likeness (QED) is 0.462. The molecule has 2 aromatic rings. The summed E-state index contributed by atoms with van der Waals surface area (Å²) >= 11 is 3.29. The summed E-state index contributed by atoms with van der Waals surface area (Å²) in [6.45, 7) is -0.512. The zero-order chi connectivity index (χ0) is 17.5. The number of nitro benzene ring substituents is 1. The molecule has 0 saturated carbocycles. The summed E-state index contributed by atoms with van der Waals surface area (Å²) in [6.07, 6.45) is 0.0338. The minimum Gasteiger partial charge on any atom is -0.455 e. The maximum Gasteiger partial charge on any atom is 0.310 e. The molecule has 1 N–H and O–H groups in total. The Labute approximate surface area is 145 Å². The minimum absolute atomic E-state index is 0.0338. The van der Waals surface area contributed by atoms with E-state index in [1.807, 2.05) is 0 Å². The van der Waals surface area contributed by atoms with Gasteiger partial charge in [-0.25, -0.2) is 0 Å². The first-order valence-electron chi connectivity index (χ1n) is 6.89. The van der Waals surface area contributed by atoms with Crippen molar-refractivity contribution >= 4 is 39.2 Å². The summed E-state index contributed by atoms with van der Waals surface area (Å²) < 4.78 is 5.77. The van der Waals surface area contributed by atoms with Gasteiger partial charge in [-0.1, -0.05) is 40.2 Å². The number of anilines is 1. The zero-order valence-corrected chi connectivity index (χ0v) is 14.0. The highest BCUT2D eigenvalue weighted by Gasteiger charge is 2.15. The molecule has 0 fully saturated rings. The first-order valence-corrected chi connectivity index (χ1v) is 7.68. The Bertz CT molecular complexity index is 761. The van der Waals surface area contributed by atoms with Crippen LogP contribution in [0.1, 0.15) is 5.56 Å². The SMILES string of the molecule is O=C(COC(=O)Cc1ccc(Br)cc1)Nc1ccccc1[N+](=O)[O-]. The topological polar surface area (TPSA) is 98.5 Å². The average Bonchev–Trinajstić information content (AvgIpc) is 2.55. The molecule has 24 heavy (non-hydrogen) atoms. The van der Waals surface area contributed by atoms with Crippen LogP contribution in [0, 0.1) is 10.1 Å². The van der Waals surface area contributed by atoms with Crippen LogP contribution in [0.15, 0.2) is 53.0 Å². The van der Waals surface area contributed by atoms with Gasteiger partial charge in [-0.05, 0) is 23.8 Å². The molecule has 0 spiro atoms. The first kappa shape index (κ1) is 17.6. The van der Waals surface area contributed by atoms with E-state index in [0.29, 0.717) is 0 Å². The summed E-state index contributed by atoms with van der Waals surface area (Å²) in [7, 11) is 0. The predicted octanol–water partition coefficient (Wildman–Crippen LogP) is 3.08. The lowest BCUT2D eigenvalue weighted by molar-refractivity contribution is -0.383. The van der Waals surface area contributed by atoms with Gasteiger partial charge in [0, 0.05) is 10.5 Å². The van der Waals surface area contributed by atoms with Gasteiger partial charge in [0.25, 0.3) is 11.6 Å². The number of carbonyl (C=O) groups excluding carboxylic acids is 2. The van der Waals surface area contributed by atoms with Crippen LogP contribution in [-0.4, -0.2) is 23.4 Å². The number of benzene rings is 2.